The van der Waals surface area contributed by atoms with Gasteiger partial charge >= 0.3 is 11.8 Å². The summed E-state index contributed by atoms with van der Waals surface area (Å²) in [5, 5.41) is 2.63. The first-order valence-electron chi connectivity index (χ1n) is 9.39. The van der Waals surface area contributed by atoms with Crippen LogP contribution in [0.15, 0.2) is 42.5 Å². The average molecular weight is 384 g/mol. The Bertz CT molecular complexity index is 902. The summed E-state index contributed by atoms with van der Waals surface area (Å²) >= 11 is 0. The second-order valence-electron chi connectivity index (χ2n) is 6.88. The number of amides is 2. The van der Waals surface area contributed by atoms with Crippen molar-refractivity contribution in [3.63, 3.8) is 0 Å². The fourth-order valence-corrected chi connectivity index (χ4v) is 3.63. The normalized spacial score (nSPS) is 18.5. The van der Waals surface area contributed by atoms with Crippen molar-refractivity contribution in [3.8, 4) is 11.5 Å². The molecule has 1 saturated heterocycles. The Labute approximate surface area is 162 Å². The van der Waals surface area contributed by atoms with Crippen molar-refractivity contribution in [2.75, 3.05) is 25.1 Å². The number of rotatable bonds is 2. The van der Waals surface area contributed by atoms with Crippen LogP contribution in [0.2, 0.25) is 0 Å². The van der Waals surface area contributed by atoms with Gasteiger partial charge in [-0.25, -0.2) is 4.39 Å². The van der Waals surface area contributed by atoms with E-state index in [1.54, 1.807) is 30.3 Å². The predicted molar refractivity (Wildman–Crippen MR) is 101 cm³/mol. The quantitative estimate of drug-likeness (QED) is 0.807. The Morgan fingerprint density at radius 2 is 1.86 bits per heavy atom. The zero-order valence-corrected chi connectivity index (χ0v) is 15.3. The van der Waals surface area contributed by atoms with Crippen LogP contribution in [-0.4, -0.2) is 36.5 Å². The molecule has 0 saturated carbocycles. The van der Waals surface area contributed by atoms with Crippen LogP contribution in [0, 0.1) is 5.82 Å². The second-order valence-corrected chi connectivity index (χ2v) is 6.88. The van der Waals surface area contributed by atoms with Gasteiger partial charge in [-0.1, -0.05) is 12.1 Å². The predicted octanol–water partition coefficient (Wildman–Crippen LogP) is 3.29. The molecule has 1 fully saturated rings. The lowest BCUT2D eigenvalue weighted by atomic mass is 10.0. The first-order valence-corrected chi connectivity index (χ1v) is 9.39. The third-order valence-electron chi connectivity index (χ3n) is 4.95. The molecular weight excluding hydrogens is 363 g/mol. The van der Waals surface area contributed by atoms with Gasteiger partial charge < -0.3 is 19.7 Å². The SMILES string of the molecule is O=C(Nc1ccc2c(c1)OCCCO2)C(=O)N1CCC[C@@H]1c1cccc(F)c1. The molecule has 2 aromatic rings. The van der Waals surface area contributed by atoms with Crippen molar-refractivity contribution in [3.05, 3.63) is 53.8 Å². The number of benzene rings is 2. The minimum absolute atomic E-state index is 0.294. The van der Waals surface area contributed by atoms with Gasteiger partial charge in [0.15, 0.2) is 11.5 Å². The Kier molecular flexibility index (Phi) is 5.14. The minimum Gasteiger partial charge on any atom is -0.490 e. The molecule has 0 unspecified atom stereocenters. The Hall–Kier alpha value is -3.09. The molecule has 6 nitrogen and oxygen atoms in total. The molecule has 0 aromatic heterocycles. The highest BCUT2D eigenvalue weighted by molar-refractivity contribution is 6.39. The number of hydrogen-bond donors (Lipinski definition) is 1. The summed E-state index contributed by atoms with van der Waals surface area (Å²) in [4.78, 5) is 26.8. The Morgan fingerprint density at radius 3 is 2.68 bits per heavy atom. The molecule has 146 valence electrons. The van der Waals surface area contributed by atoms with Gasteiger partial charge in [-0.05, 0) is 42.7 Å². The van der Waals surface area contributed by atoms with Crippen LogP contribution in [0.5, 0.6) is 11.5 Å². The van der Waals surface area contributed by atoms with Crippen molar-refractivity contribution >= 4 is 17.5 Å². The molecule has 0 aliphatic carbocycles. The highest BCUT2D eigenvalue weighted by Crippen LogP contribution is 2.34. The van der Waals surface area contributed by atoms with Crippen LogP contribution in [0.1, 0.15) is 30.9 Å². The smallest absolute Gasteiger partial charge is 0.313 e. The lowest BCUT2D eigenvalue weighted by molar-refractivity contribution is -0.143. The van der Waals surface area contributed by atoms with Gasteiger partial charge in [-0.15, -0.1) is 0 Å². The molecule has 2 aliphatic rings. The van der Waals surface area contributed by atoms with Crippen molar-refractivity contribution in [2.24, 2.45) is 0 Å². The van der Waals surface area contributed by atoms with E-state index in [2.05, 4.69) is 5.32 Å². The fraction of sp³-hybridized carbons (Fsp3) is 0.333. The average Bonchev–Trinajstić information content (AvgIpc) is 3.06. The van der Waals surface area contributed by atoms with E-state index in [0.717, 1.165) is 12.8 Å². The number of likely N-dealkylation sites (tertiary alicyclic amines) is 1. The molecule has 2 heterocycles. The summed E-state index contributed by atoms with van der Waals surface area (Å²) in [7, 11) is 0. The number of nitrogens with one attached hydrogen (secondary N) is 1. The van der Waals surface area contributed by atoms with Crippen molar-refractivity contribution < 1.29 is 23.5 Å². The third-order valence-corrected chi connectivity index (χ3v) is 4.95. The molecule has 0 spiro atoms. The highest BCUT2D eigenvalue weighted by atomic mass is 19.1. The van der Waals surface area contributed by atoms with E-state index >= 15 is 0 Å². The maximum absolute atomic E-state index is 13.6. The molecule has 0 bridgehead atoms. The highest BCUT2D eigenvalue weighted by Gasteiger charge is 2.33. The molecule has 2 aromatic carbocycles. The Balaban J connectivity index is 1.47. The van der Waals surface area contributed by atoms with Crippen molar-refractivity contribution in [1.82, 2.24) is 4.90 Å². The summed E-state index contributed by atoms with van der Waals surface area (Å²) in [5.74, 6) is -0.542. The van der Waals surface area contributed by atoms with Gasteiger partial charge in [0, 0.05) is 24.7 Å². The fourth-order valence-electron chi connectivity index (χ4n) is 3.63. The maximum Gasteiger partial charge on any atom is 0.313 e. The van der Waals surface area contributed by atoms with E-state index in [9.17, 15) is 14.0 Å². The molecule has 1 N–H and O–H groups in total. The summed E-state index contributed by atoms with van der Waals surface area (Å²) in [6.45, 7) is 1.58. The summed E-state index contributed by atoms with van der Waals surface area (Å²) in [6.07, 6.45) is 2.25. The van der Waals surface area contributed by atoms with Crippen LogP contribution in [0.25, 0.3) is 0 Å². The van der Waals surface area contributed by atoms with E-state index < -0.39 is 11.8 Å². The molecule has 7 heteroatoms. The lowest BCUT2D eigenvalue weighted by Crippen LogP contribution is -2.39. The number of ether oxygens (including phenoxy) is 2. The van der Waals surface area contributed by atoms with E-state index in [4.69, 9.17) is 9.47 Å². The summed E-state index contributed by atoms with van der Waals surface area (Å²) < 4.78 is 24.7. The van der Waals surface area contributed by atoms with E-state index in [-0.39, 0.29) is 11.9 Å². The minimum atomic E-state index is -0.724. The summed E-state index contributed by atoms with van der Waals surface area (Å²) in [6, 6.07) is 10.9. The summed E-state index contributed by atoms with van der Waals surface area (Å²) in [5.41, 5.74) is 1.17. The van der Waals surface area contributed by atoms with Gasteiger partial charge in [0.1, 0.15) is 5.82 Å². The van der Waals surface area contributed by atoms with Gasteiger partial charge in [0.25, 0.3) is 0 Å². The molecule has 4 rings (SSSR count). The van der Waals surface area contributed by atoms with Crippen LogP contribution < -0.4 is 14.8 Å². The number of halogens is 1. The molecule has 1 atom stereocenters. The van der Waals surface area contributed by atoms with Crippen LogP contribution in [-0.2, 0) is 9.59 Å². The van der Waals surface area contributed by atoms with Gasteiger partial charge in [-0.3, -0.25) is 9.59 Å². The number of fused-ring (bicyclic) bond motifs is 1. The van der Waals surface area contributed by atoms with Gasteiger partial charge in [0.05, 0.1) is 19.3 Å². The molecule has 2 aliphatic heterocycles. The van der Waals surface area contributed by atoms with Crippen molar-refractivity contribution in [2.45, 2.75) is 25.3 Å². The van der Waals surface area contributed by atoms with E-state index in [1.807, 2.05) is 0 Å². The number of anilines is 1. The number of carbonyl (C=O) groups excluding carboxylic acids is 2. The van der Waals surface area contributed by atoms with Gasteiger partial charge in [0.2, 0.25) is 0 Å². The number of nitrogens with zero attached hydrogens (tertiary/aromatic N) is 1. The largest absolute Gasteiger partial charge is 0.490 e. The van der Waals surface area contributed by atoms with Crippen molar-refractivity contribution in [1.29, 1.82) is 0 Å². The molecule has 0 radical (unpaired) electrons. The second kappa shape index (κ2) is 7.88. The Morgan fingerprint density at radius 1 is 1.04 bits per heavy atom. The first-order chi connectivity index (χ1) is 13.6. The van der Waals surface area contributed by atoms with Crippen LogP contribution in [0.3, 0.4) is 0 Å². The van der Waals surface area contributed by atoms with E-state index in [1.165, 1.54) is 17.0 Å². The lowest BCUT2D eigenvalue weighted by Gasteiger charge is -2.24. The number of hydrogen-bond acceptors (Lipinski definition) is 4. The maximum atomic E-state index is 13.6. The van der Waals surface area contributed by atoms with Crippen LogP contribution in [0.4, 0.5) is 10.1 Å². The molecular formula is C21H21FN2O4. The molecule has 2 amide bonds. The third kappa shape index (κ3) is 3.78. The van der Waals surface area contributed by atoms with E-state index in [0.29, 0.717) is 48.9 Å². The van der Waals surface area contributed by atoms with Crippen LogP contribution >= 0.6 is 0 Å². The zero-order chi connectivity index (χ0) is 19.5. The monoisotopic (exact) mass is 384 g/mol. The first kappa shape index (κ1) is 18.3. The standard InChI is InChI=1S/C21H21FN2O4/c22-15-5-1-4-14(12-15)17-6-2-9-24(17)21(26)20(25)23-16-7-8-18-19(13-16)28-11-3-10-27-18/h1,4-5,7-8,12-13,17H,2-3,6,9-11H2,(H,23,25)/t17-/m1/s1. The topological polar surface area (TPSA) is 67.9 Å². The molecule has 28 heavy (non-hydrogen) atoms. The van der Waals surface area contributed by atoms with Gasteiger partial charge in [-0.2, -0.15) is 0 Å². The number of carbonyl (C=O) groups is 2. The zero-order valence-electron chi connectivity index (χ0n) is 15.3.